The second kappa shape index (κ2) is 10.9. The molecule has 0 aliphatic rings. The molecule has 1 amide bonds. The molecule has 2 aromatic carbocycles. The summed E-state index contributed by atoms with van der Waals surface area (Å²) in [5.74, 6) is 0.926. The number of amides is 1. The van der Waals surface area contributed by atoms with Crippen LogP contribution in [0.5, 0.6) is 11.5 Å². The molecule has 0 saturated carbocycles. The number of nitrogens with zero attached hydrogens (tertiary/aromatic N) is 1. The van der Waals surface area contributed by atoms with E-state index in [0.29, 0.717) is 35.1 Å². The Hall–Kier alpha value is -3.79. The van der Waals surface area contributed by atoms with Crippen LogP contribution < -0.4 is 19.5 Å². The minimum Gasteiger partial charge on any atom is -0.493 e. The standard InChI is InChI=1S/C24H27N3O6S/c1-5-14-32-21-12-6-18(15-22(21)31-4)7-13-23(28)25-19-8-10-20(11-9-19)34(29,30)27-24-16(2)17(3)26-33-24/h6-13,15,27H,5,14H2,1-4H3,(H,25,28). The molecule has 0 aliphatic heterocycles. The third-order valence-corrected chi connectivity index (χ3v) is 6.24. The number of rotatable bonds is 10. The first kappa shape index (κ1) is 24.8. The van der Waals surface area contributed by atoms with Crippen molar-refractivity contribution in [3.8, 4) is 11.5 Å². The van der Waals surface area contributed by atoms with E-state index < -0.39 is 10.0 Å². The van der Waals surface area contributed by atoms with Crippen molar-refractivity contribution in [3.63, 3.8) is 0 Å². The Morgan fingerprint density at radius 1 is 1.12 bits per heavy atom. The summed E-state index contributed by atoms with van der Waals surface area (Å²) in [6.45, 7) is 6.03. The van der Waals surface area contributed by atoms with Gasteiger partial charge in [-0.2, -0.15) is 0 Å². The number of sulfonamides is 1. The predicted molar refractivity (Wildman–Crippen MR) is 130 cm³/mol. The summed E-state index contributed by atoms with van der Waals surface area (Å²) in [5, 5.41) is 6.43. The highest BCUT2D eigenvalue weighted by molar-refractivity contribution is 7.92. The van der Waals surface area contributed by atoms with Gasteiger partial charge < -0.3 is 19.3 Å². The number of benzene rings is 2. The van der Waals surface area contributed by atoms with Crippen molar-refractivity contribution in [2.45, 2.75) is 32.1 Å². The van der Waals surface area contributed by atoms with Crippen molar-refractivity contribution in [1.29, 1.82) is 0 Å². The lowest BCUT2D eigenvalue weighted by molar-refractivity contribution is -0.111. The zero-order chi connectivity index (χ0) is 24.7. The highest BCUT2D eigenvalue weighted by Crippen LogP contribution is 2.29. The van der Waals surface area contributed by atoms with Crippen molar-refractivity contribution in [2.24, 2.45) is 0 Å². The largest absolute Gasteiger partial charge is 0.493 e. The zero-order valence-corrected chi connectivity index (χ0v) is 20.2. The summed E-state index contributed by atoms with van der Waals surface area (Å²) in [4.78, 5) is 12.3. The van der Waals surface area contributed by atoms with Crippen LogP contribution >= 0.6 is 0 Å². The number of aromatic nitrogens is 1. The molecule has 9 nitrogen and oxygen atoms in total. The molecule has 3 rings (SSSR count). The molecule has 0 radical (unpaired) electrons. The molecule has 2 N–H and O–H groups in total. The summed E-state index contributed by atoms with van der Waals surface area (Å²) < 4.78 is 43.5. The van der Waals surface area contributed by atoms with Crippen molar-refractivity contribution in [2.75, 3.05) is 23.8 Å². The van der Waals surface area contributed by atoms with Gasteiger partial charge in [-0.25, -0.2) is 13.1 Å². The molecule has 3 aromatic rings. The summed E-state index contributed by atoms with van der Waals surface area (Å²) in [6, 6.07) is 11.2. The Labute approximate surface area is 198 Å². The molecule has 0 spiro atoms. The van der Waals surface area contributed by atoms with E-state index in [-0.39, 0.29) is 16.7 Å². The molecule has 0 fully saturated rings. The molecule has 180 valence electrons. The lowest BCUT2D eigenvalue weighted by atomic mass is 10.2. The number of nitrogens with one attached hydrogen (secondary N) is 2. The van der Waals surface area contributed by atoms with E-state index >= 15 is 0 Å². The molecular formula is C24H27N3O6S. The molecule has 0 aliphatic carbocycles. The van der Waals surface area contributed by atoms with Gasteiger partial charge >= 0.3 is 0 Å². The number of ether oxygens (including phenoxy) is 2. The summed E-state index contributed by atoms with van der Waals surface area (Å²) in [6.07, 6.45) is 3.91. The molecule has 0 bridgehead atoms. The fourth-order valence-corrected chi connectivity index (χ4v) is 3.93. The highest BCUT2D eigenvalue weighted by atomic mass is 32.2. The smallest absolute Gasteiger partial charge is 0.264 e. The first-order chi connectivity index (χ1) is 16.2. The second-order valence-corrected chi connectivity index (χ2v) is 9.12. The van der Waals surface area contributed by atoms with Crippen molar-refractivity contribution >= 4 is 33.6 Å². The van der Waals surface area contributed by atoms with Gasteiger partial charge in [0.1, 0.15) is 0 Å². The molecule has 0 unspecified atom stereocenters. The van der Waals surface area contributed by atoms with Gasteiger partial charge in [0, 0.05) is 17.3 Å². The third-order valence-electron chi connectivity index (χ3n) is 4.89. The van der Waals surface area contributed by atoms with Crippen LogP contribution in [-0.4, -0.2) is 33.2 Å². The summed E-state index contributed by atoms with van der Waals surface area (Å²) in [5.41, 5.74) is 2.42. The summed E-state index contributed by atoms with van der Waals surface area (Å²) >= 11 is 0. The van der Waals surface area contributed by atoms with Gasteiger partial charge in [0.2, 0.25) is 11.8 Å². The van der Waals surface area contributed by atoms with E-state index in [1.54, 1.807) is 39.2 Å². The third kappa shape index (κ3) is 6.16. The van der Waals surface area contributed by atoms with Crippen LogP contribution in [0, 0.1) is 13.8 Å². The number of hydrogen-bond acceptors (Lipinski definition) is 7. The zero-order valence-electron chi connectivity index (χ0n) is 19.4. The number of methoxy groups -OCH3 is 1. The lowest BCUT2D eigenvalue weighted by Crippen LogP contribution is -2.13. The lowest BCUT2D eigenvalue weighted by Gasteiger charge is -2.10. The van der Waals surface area contributed by atoms with Crippen LogP contribution in [0.3, 0.4) is 0 Å². The van der Waals surface area contributed by atoms with E-state index in [1.807, 2.05) is 13.0 Å². The van der Waals surface area contributed by atoms with Crippen LogP contribution in [0.15, 0.2) is 58.0 Å². The fraction of sp³-hybridized carbons (Fsp3) is 0.250. The predicted octanol–water partition coefficient (Wildman–Crippen LogP) is 4.54. The van der Waals surface area contributed by atoms with Gasteiger partial charge in [-0.3, -0.25) is 4.79 Å². The molecule has 10 heteroatoms. The Bertz CT molecular complexity index is 1280. The number of anilines is 2. The van der Waals surface area contributed by atoms with E-state index in [4.69, 9.17) is 14.0 Å². The van der Waals surface area contributed by atoms with Gasteiger partial charge in [-0.05, 0) is 68.3 Å². The topological polar surface area (TPSA) is 120 Å². The van der Waals surface area contributed by atoms with E-state index in [9.17, 15) is 13.2 Å². The highest BCUT2D eigenvalue weighted by Gasteiger charge is 2.19. The molecule has 1 aromatic heterocycles. The Kier molecular flexibility index (Phi) is 7.95. The molecule has 0 saturated heterocycles. The molecule has 1 heterocycles. The first-order valence-corrected chi connectivity index (χ1v) is 12.1. The normalized spacial score (nSPS) is 11.4. The van der Waals surface area contributed by atoms with Crippen LogP contribution in [0.25, 0.3) is 6.08 Å². The Balaban J connectivity index is 1.63. The van der Waals surface area contributed by atoms with Gasteiger partial charge in [0.15, 0.2) is 11.5 Å². The monoisotopic (exact) mass is 485 g/mol. The van der Waals surface area contributed by atoms with E-state index in [1.165, 1.54) is 30.3 Å². The van der Waals surface area contributed by atoms with Crippen LogP contribution in [-0.2, 0) is 14.8 Å². The quantitative estimate of drug-likeness (QED) is 0.405. The number of aryl methyl sites for hydroxylation is 1. The molecule has 0 atom stereocenters. The SMILES string of the molecule is CCCOc1ccc(C=CC(=O)Nc2ccc(S(=O)(=O)Nc3onc(C)c3C)cc2)cc1OC. The molecule has 34 heavy (non-hydrogen) atoms. The molecular weight excluding hydrogens is 458 g/mol. The van der Waals surface area contributed by atoms with Gasteiger partial charge in [-0.1, -0.05) is 18.1 Å². The fourth-order valence-electron chi connectivity index (χ4n) is 2.88. The maximum atomic E-state index is 12.6. The maximum Gasteiger partial charge on any atom is 0.264 e. The maximum absolute atomic E-state index is 12.6. The van der Waals surface area contributed by atoms with Crippen molar-refractivity contribution in [1.82, 2.24) is 5.16 Å². The van der Waals surface area contributed by atoms with E-state index in [0.717, 1.165) is 12.0 Å². The second-order valence-electron chi connectivity index (χ2n) is 7.43. The number of carbonyl (C=O) groups is 1. The number of hydrogen-bond donors (Lipinski definition) is 2. The minimum atomic E-state index is -3.86. The average molecular weight is 486 g/mol. The van der Waals surface area contributed by atoms with E-state index in [2.05, 4.69) is 15.2 Å². The van der Waals surface area contributed by atoms with Crippen LogP contribution in [0.1, 0.15) is 30.2 Å². The van der Waals surface area contributed by atoms with Gasteiger partial charge in [0.25, 0.3) is 10.0 Å². The minimum absolute atomic E-state index is 0.0203. The Morgan fingerprint density at radius 2 is 1.85 bits per heavy atom. The average Bonchev–Trinajstić information content (AvgIpc) is 3.13. The van der Waals surface area contributed by atoms with Gasteiger partial charge in [0.05, 0.1) is 24.3 Å². The summed E-state index contributed by atoms with van der Waals surface area (Å²) in [7, 11) is -2.31. The van der Waals surface area contributed by atoms with Gasteiger partial charge in [-0.15, -0.1) is 0 Å². The first-order valence-electron chi connectivity index (χ1n) is 10.6. The van der Waals surface area contributed by atoms with Crippen molar-refractivity contribution in [3.05, 3.63) is 65.4 Å². The van der Waals surface area contributed by atoms with Crippen LogP contribution in [0.2, 0.25) is 0 Å². The Morgan fingerprint density at radius 3 is 2.47 bits per heavy atom. The van der Waals surface area contributed by atoms with Crippen LogP contribution in [0.4, 0.5) is 11.6 Å². The van der Waals surface area contributed by atoms with Crippen molar-refractivity contribution < 1.29 is 27.2 Å². The number of carbonyl (C=O) groups excluding carboxylic acids is 1.